The molecule has 2 aromatic rings. The predicted octanol–water partition coefficient (Wildman–Crippen LogP) is 3.04. The summed E-state index contributed by atoms with van der Waals surface area (Å²) >= 11 is 0. The molecule has 0 aromatic heterocycles. The highest BCUT2D eigenvalue weighted by Gasteiger charge is 2.46. The molecule has 2 aromatic carbocycles. The third-order valence-electron chi connectivity index (χ3n) is 3.55. The van der Waals surface area contributed by atoms with Crippen LogP contribution < -0.4 is 5.19 Å². The summed E-state index contributed by atoms with van der Waals surface area (Å²) in [6.45, 7) is 4.91. The van der Waals surface area contributed by atoms with E-state index in [-0.39, 0.29) is 0 Å². The number of benzene rings is 2. The Morgan fingerprint density at radius 1 is 0.875 bits per heavy atom. The van der Waals surface area contributed by atoms with Gasteiger partial charge in [-0.05, 0) is 31.5 Å². The molecule has 0 bridgehead atoms. The number of fused-ring (bicyclic) bond motifs is 1. The molecule has 0 amide bonds. The maximum atomic E-state index is 6.11. The minimum Gasteiger partial charge on any atom is -0.373 e. The highest BCUT2D eigenvalue weighted by atomic mass is 28.4. The van der Waals surface area contributed by atoms with Crippen molar-refractivity contribution in [2.75, 3.05) is 21.3 Å². The first kappa shape index (κ1) is 19.0. The summed E-state index contributed by atoms with van der Waals surface area (Å²) in [4.78, 5) is 0. The average molecular weight is 350 g/mol. The molecule has 0 fully saturated rings. The van der Waals surface area contributed by atoms with Crippen molar-refractivity contribution in [2.24, 2.45) is 0 Å². The van der Waals surface area contributed by atoms with Gasteiger partial charge in [-0.3, -0.25) is 0 Å². The molecular weight excluding hydrogens is 324 g/mol. The standard InChI is InChI=1S/C18H26O5Si/c1-18(2,3)22-17(19-4)23-24(20-5,21-6)16-13-9-11-14-10-7-8-12-15(14)16/h7-13,17H,1-6H3. The van der Waals surface area contributed by atoms with Crippen LogP contribution in [0.1, 0.15) is 20.8 Å². The smallest absolute Gasteiger partial charge is 0.373 e. The fourth-order valence-corrected chi connectivity index (χ4v) is 4.67. The van der Waals surface area contributed by atoms with Gasteiger partial charge in [0.05, 0.1) is 5.60 Å². The van der Waals surface area contributed by atoms with Crippen LogP contribution in [0.2, 0.25) is 0 Å². The van der Waals surface area contributed by atoms with Crippen molar-refractivity contribution in [3.8, 4) is 0 Å². The molecule has 0 heterocycles. The van der Waals surface area contributed by atoms with Crippen molar-refractivity contribution in [2.45, 2.75) is 32.8 Å². The number of hydrogen-bond donors (Lipinski definition) is 0. The largest absolute Gasteiger partial charge is 0.541 e. The van der Waals surface area contributed by atoms with E-state index in [1.54, 1.807) is 14.2 Å². The van der Waals surface area contributed by atoms with E-state index in [1.165, 1.54) is 7.11 Å². The van der Waals surface area contributed by atoms with Gasteiger partial charge in [-0.2, -0.15) is 0 Å². The zero-order chi connectivity index (χ0) is 17.8. The molecule has 0 aliphatic carbocycles. The van der Waals surface area contributed by atoms with E-state index in [4.69, 9.17) is 22.8 Å². The van der Waals surface area contributed by atoms with Crippen LogP contribution in [-0.4, -0.2) is 42.2 Å². The SMILES string of the molecule is COC(OC(C)(C)C)O[Si](OC)(OC)c1cccc2ccccc12. The molecule has 24 heavy (non-hydrogen) atoms. The summed E-state index contributed by atoms with van der Waals surface area (Å²) in [5.41, 5.74) is -0.430. The van der Waals surface area contributed by atoms with Crippen molar-refractivity contribution in [1.82, 2.24) is 0 Å². The molecule has 132 valence electrons. The molecule has 0 aliphatic rings. The lowest BCUT2D eigenvalue weighted by molar-refractivity contribution is -0.286. The van der Waals surface area contributed by atoms with Gasteiger partial charge in [-0.1, -0.05) is 42.5 Å². The molecule has 0 radical (unpaired) electrons. The monoisotopic (exact) mass is 350 g/mol. The Morgan fingerprint density at radius 2 is 1.50 bits per heavy atom. The average Bonchev–Trinajstić information content (AvgIpc) is 2.57. The van der Waals surface area contributed by atoms with Crippen LogP contribution in [0.4, 0.5) is 0 Å². The van der Waals surface area contributed by atoms with Gasteiger partial charge in [0, 0.05) is 26.5 Å². The maximum absolute atomic E-state index is 6.11. The fourth-order valence-electron chi connectivity index (χ4n) is 2.49. The van der Waals surface area contributed by atoms with E-state index < -0.39 is 20.9 Å². The van der Waals surface area contributed by atoms with Crippen LogP contribution in [0.15, 0.2) is 42.5 Å². The molecule has 0 saturated carbocycles. The predicted molar refractivity (Wildman–Crippen MR) is 96.1 cm³/mol. The Morgan fingerprint density at radius 3 is 2.08 bits per heavy atom. The minimum absolute atomic E-state index is 0.430. The molecule has 0 saturated heterocycles. The van der Waals surface area contributed by atoms with E-state index in [1.807, 2.05) is 63.2 Å². The molecule has 0 N–H and O–H groups in total. The lowest BCUT2D eigenvalue weighted by atomic mass is 10.1. The van der Waals surface area contributed by atoms with E-state index in [0.29, 0.717) is 0 Å². The van der Waals surface area contributed by atoms with Gasteiger partial charge in [-0.25, -0.2) is 0 Å². The molecular formula is C18H26O5Si. The van der Waals surface area contributed by atoms with Crippen molar-refractivity contribution in [3.05, 3.63) is 42.5 Å². The summed E-state index contributed by atoms with van der Waals surface area (Å²) in [6.07, 6.45) is 0. The van der Waals surface area contributed by atoms with Gasteiger partial charge in [-0.15, -0.1) is 0 Å². The Balaban J connectivity index is 2.46. The number of rotatable bonds is 7. The highest BCUT2D eigenvalue weighted by molar-refractivity contribution is 6.77. The number of methoxy groups -OCH3 is 1. The van der Waals surface area contributed by atoms with Crippen molar-refractivity contribution >= 4 is 24.8 Å². The van der Waals surface area contributed by atoms with Crippen LogP contribution >= 0.6 is 0 Å². The van der Waals surface area contributed by atoms with Crippen LogP contribution in [0.3, 0.4) is 0 Å². The third kappa shape index (κ3) is 4.21. The summed E-state index contributed by atoms with van der Waals surface area (Å²) in [7, 11) is 1.48. The van der Waals surface area contributed by atoms with Crippen LogP contribution in [-0.2, 0) is 22.8 Å². The lowest BCUT2D eigenvalue weighted by Gasteiger charge is -2.33. The topological polar surface area (TPSA) is 46.2 Å². The quantitative estimate of drug-likeness (QED) is 0.567. The second kappa shape index (κ2) is 7.73. The molecule has 1 atom stereocenters. The Labute approximate surface area is 144 Å². The Kier molecular flexibility index (Phi) is 6.14. The van der Waals surface area contributed by atoms with Gasteiger partial charge in [0.25, 0.3) is 6.48 Å². The molecule has 0 spiro atoms. The minimum atomic E-state index is -3.22. The third-order valence-corrected chi connectivity index (χ3v) is 6.22. The van der Waals surface area contributed by atoms with Gasteiger partial charge in [0.1, 0.15) is 0 Å². The zero-order valence-corrected chi connectivity index (χ0v) is 16.2. The second-order valence-electron chi connectivity index (χ2n) is 6.36. The molecule has 5 nitrogen and oxygen atoms in total. The fraction of sp³-hybridized carbons (Fsp3) is 0.444. The Bertz CT molecular complexity index is 659. The maximum Gasteiger partial charge on any atom is 0.541 e. The Hall–Kier alpha value is -1.28. The lowest BCUT2D eigenvalue weighted by Crippen LogP contribution is -2.58. The van der Waals surface area contributed by atoms with E-state index in [9.17, 15) is 0 Å². The van der Waals surface area contributed by atoms with Gasteiger partial charge >= 0.3 is 8.80 Å². The van der Waals surface area contributed by atoms with Crippen molar-refractivity contribution < 1.29 is 22.8 Å². The van der Waals surface area contributed by atoms with Gasteiger partial charge < -0.3 is 22.8 Å². The van der Waals surface area contributed by atoms with Gasteiger partial charge in [0.2, 0.25) is 0 Å². The summed E-state index contributed by atoms with van der Waals surface area (Å²) in [5, 5.41) is 3.00. The first-order chi connectivity index (χ1) is 11.3. The molecule has 2 rings (SSSR count). The molecule has 1 unspecified atom stereocenters. The summed E-state index contributed by atoms with van der Waals surface area (Å²) in [5.74, 6) is 0. The van der Waals surface area contributed by atoms with Crippen LogP contribution in [0, 0.1) is 0 Å². The van der Waals surface area contributed by atoms with Crippen LogP contribution in [0.25, 0.3) is 10.8 Å². The van der Waals surface area contributed by atoms with Crippen molar-refractivity contribution in [3.63, 3.8) is 0 Å². The van der Waals surface area contributed by atoms with E-state index >= 15 is 0 Å². The molecule has 6 heteroatoms. The molecule has 0 aliphatic heterocycles. The number of hydrogen-bond acceptors (Lipinski definition) is 5. The summed E-state index contributed by atoms with van der Waals surface area (Å²) < 4.78 is 28.8. The normalized spacial score (nSPS) is 14.1. The zero-order valence-electron chi connectivity index (χ0n) is 15.2. The highest BCUT2D eigenvalue weighted by Crippen LogP contribution is 2.21. The first-order valence-electron chi connectivity index (χ1n) is 7.82. The second-order valence-corrected chi connectivity index (χ2v) is 9.07. The van der Waals surface area contributed by atoms with Crippen LogP contribution in [0.5, 0.6) is 0 Å². The van der Waals surface area contributed by atoms with Crippen molar-refractivity contribution in [1.29, 1.82) is 0 Å². The number of ether oxygens (including phenoxy) is 2. The summed E-state index contributed by atoms with van der Waals surface area (Å²) in [6, 6.07) is 14.0. The van der Waals surface area contributed by atoms with E-state index in [0.717, 1.165) is 16.0 Å². The van der Waals surface area contributed by atoms with E-state index in [2.05, 4.69) is 0 Å². The first-order valence-corrected chi connectivity index (χ1v) is 9.54. The van der Waals surface area contributed by atoms with Gasteiger partial charge in [0.15, 0.2) is 0 Å².